The first-order valence-electron chi connectivity index (χ1n) is 13.3. The summed E-state index contributed by atoms with van der Waals surface area (Å²) in [4.78, 5) is 28.5. The second kappa shape index (κ2) is 13.2. The summed E-state index contributed by atoms with van der Waals surface area (Å²) in [5.41, 5.74) is 4.04. The molecule has 0 radical (unpaired) electrons. The van der Waals surface area contributed by atoms with Crippen molar-refractivity contribution in [3.8, 4) is 22.7 Å². The predicted molar refractivity (Wildman–Crippen MR) is 163 cm³/mol. The van der Waals surface area contributed by atoms with Gasteiger partial charge in [0.05, 0.1) is 29.5 Å². The number of aromatic nitrogens is 2. The van der Waals surface area contributed by atoms with Gasteiger partial charge in [-0.2, -0.15) is 5.10 Å². The van der Waals surface area contributed by atoms with Crippen molar-refractivity contribution >= 4 is 41.0 Å². The maximum absolute atomic E-state index is 13.8. The number of amides is 2. The summed E-state index contributed by atoms with van der Waals surface area (Å²) in [5.74, 6) is 0.958. The van der Waals surface area contributed by atoms with E-state index >= 15 is 0 Å². The van der Waals surface area contributed by atoms with Crippen molar-refractivity contribution in [2.75, 3.05) is 44.6 Å². The van der Waals surface area contributed by atoms with E-state index in [1.165, 1.54) is 11.8 Å². The Morgan fingerprint density at radius 2 is 1.78 bits per heavy atom. The highest BCUT2D eigenvalue weighted by Crippen LogP contribution is 2.49. The summed E-state index contributed by atoms with van der Waals surface area (Å²) >= 11 is 8.23. The van der Waals surface area contributed by atoms with Crippen molar-refractivity contribution in [3.05, 3.63) is 95.0 Å². The molecule has 3 aromatic carbocycles. The number of halogens is 1. The molecule has 1 aliphatic rings. The molecule has 10 heteroatoms. The molecule has 0 aliphatic carbocycles. The van der Waals surface area contributed by atoms with Crippen molar-refractivity contribution in [1.29, 1.82) is 0 Å². The Bertz CT molecular complexity index is 1510. The third-order valence-electron chi connectivity index (χ3n) is 6.79. The van der Waals surface area contributed by atoms with Gasteiger partial charge in [0.25, 0.3) is 0 Å². The van der Waals surface area contributed by atoms with Gasteiger partial charge in [-0.25, -0.2) is 4.68 Å². The lowest BCUT2D eigenvalue weighted by Gasteiger charge is -2.23. The van der Waals surface area contributed by atoms with E-state index in [2.05, 4.69) is 5.32 Å². The summed E-state index contributed by atoms with van der Waals surface area (Å²) in [6, 6.07) is 25.0. The number of nitrogens with zero attached hydrogens (tertiary/aromatic N) is 3. The molecule has 4 aromatic rings. The number of anilines is 1. The summed E-state index contributed by atoms with van der Waals surface area (Å²) in [5, 5.41) is 8.30. The standard InChI is InChI=1S/C31H31ClN4O4S/c1-39-18-8-17-33-26(37)19-35-27(38)20-41-30(24-11-6-7-12-25(24)32)28-29(21-9-4-3-5-10-21)34-36(31(28)35)22-13-15-23(40-2)16-14-22/h3-7,9-16,30H,8,17-20H2,1-2H3,(H,33,37)/t30-/m1/s1. The van der Waals surface area contributed by atoms with Gasteiger partial charge in [-0.1, -0.05) is 60.1 Å². The van der Waals surface area contributed by atoms with Gasteiger partial charge in [0.15, 0.2) is 0 Å². The summed E-state index contributed by atoms with van der Waals surface area (Å²) in [7, 11) is 3.23. The molecular formula is C31H31ClN4O4S. The van der Waals surface area contributed by atoms with Crippen molar-refractivity contribution in [1.82, 2.24) is 15.1 Å². The van der Waals surface area contributed by atoms with E-state index < -0.39 is 0 Å². The van der Waals surface area contributed by atoms with E-state index in [1.54, 1.807) is 23.8 Å². The molecule has 5 rings (SSSR count). The number of methoxy groups -OCH3 is 2. The number of thioether (sulfide) groups is 1. The van der Waals surface area contributed by atoms with Crippen LogP contribution in [0, 0.1) is 0 Å². The Morgan fingerprint density at radius 3 is 2.49 bits per heavy atom. The van der Waals surface area contributed by atoms with Gasteiger partial charge >= 0.3 is 0 Å². The van der Waals surface area contributed by atoms with Crippen LogP contribution >= 0.6 is 23.4 Å². The lowest BCUT2D eigenvalue weighted by atomic mass is 9.99. The molecule has 0 spiro atoms. The van der Waals surface area contributed by atoms with Gasteiger partial charge in [-0.05, 0) is 42.3 Å². The van der Waals surface area contributed by atoms with Crippen molar-refractivity contribution in [2.45, 2.75) is 11.7 Å². The third-order valence-corrected chi connectivity index (χ3v) is 8.37. The fourth-order valence-electron chi connectivity index (χ4n) is 4.81. The first kappa shape index (κ1) is 28.7. The van der Waals surface area contributed by atoms with Gasteiger partial charge in [0.1, 0.15) is 18.1 Å². The van der Waals surface area contributed by atoms with Crippen molar-refractivity contribution in [3.63, 3.8) is 0 Å². The smallest absolute Gasteiger partial charge is 0.240 e. The summed E-state index contributed by atoms with van der Waals surface area (Å²) in [6.07, 6.45) is 0.674. The van der Waals surface area contributed by atoms with Crippen LogP contribution in [0.5, 0.6) is 5.75 Å². The predicted octanol–water partition coefficient (Wildman–Crippen LogP) is 5.52. The van der Waals surface area contributed by atoms with Crippen LogP contribution in [-0.4, -0.2) is 61.3 Å². The quantitative estimate of drug-likeness (QED) is 0.245. The van der Waals surface area contributed by atoms with Crippen LogP contribution in [0.15, 0.2) is 78.9 Å². The Balaban J connectivity index is 1.71. The minimum atomic E-state index is -0.306. The fourth-order valence-corrected chi connectivity index (χ4v) is 6.35. The molecule has 0 bridgehead atoms. The molecule has 0 saturated heterocycles. The Kier molecular flexibility index (Phi) is 9.28. The third kappa shape index (κ3) is 6.27. The number of fused-ring (bicyclic) bond motifs is 1. The van der Waals surface area contributed by atoms with Gasteiger partial charge in [-0.15, -0.1) is 11.8 Å². The monoisotopic (exact) mass is 590 g/mol. The van der Waals surface area contributed by atoms with Crippen LogP contribution in [0.3, 0.4) is 0 Å². The molecule has 41 heavy (non-hydrogen) atoms. The highest BCUT2D eigenvalue weighted by atomic mass is 35.5. The lowest BCUT2D eigenvalue weighted by Crippen LogP contribution is -2.42. The minimum absolute atomic E-state index is 0.148. The molecular weight excluding hydrogens is 560 g/mol. The van der Waals surface area contributed by atoms with Crippen LogP contribution in [0.4, 0.5) is 5.82 Å². The minimum Gasteiger partial charge on any atom is -0.497 e. The number of carbonyl (C=O) groups excluding carboxylic acids is 2. The number of hydrogen-bond donors (Lipinski definition) is 1. The molecule has 1 aliphatic heterocycles. The number of benzene rings is 3. The van der Waals surface area contributed by atoms with Gasteiger partial charge in [-0.3, -0.25) is 14.5 Å². The van der Waals surface area contributed by atoms with Crippen molar-refractivity contribution in [2.24, 2.45) is 0 Å². The Labute approximate surface area is 248 Å². The Morgan fingerprint density at radius 1 is 1.05 bits per heavy atom. The van der Waals surface area contributed by atoms with E-state index in [4.69, 9.17) is 26.2 Å². The molecule has 212 valence electrons. The average molecular weight is 591 g/mol. The molecule has 0 saturated carbocycles. The second-order valence-corrected chi connectivity index (χ2v) is 11.0. The lowest BCUT2D eigenvalue weighted by molar-refractivity contribution is -0.122. The number of rotatable bonds is 10. The normalized spacial score (nSPS) is 14.9. The number of carbonyl (C=O) groups is 2. The molecule has 0 unspecified atom stereocenters. The first-order chi connectivity index (χ1) is 20.0. The van der Waals surface area contributed by atoms with E-state index in [0.717, 1.165) is 22.4 Å². The molecule has 8 nitrogen and oxygen atoms in total. The zero-order valence-corrected chi connectivity index (χ0v) is 24.5. The largest absolute Gasteiger partial charge is 0.497 e. The van der Waals surface area contributed by atoms with Gasteiger partial charge < -0.3 is 14.8 Å². The van der Waals surface area contributed by atoms with E-state index in [1.807, 2.05) is 78.9 Å². The molecule has 2 amide bonds. The fraction of sp³-hybridized carbons (Fsp3) is 0.258. The van der Waals surface area contributed by atoms with Crippen LogP contribution < -0.4 is 15.0 Å². The number of nitrogens with one attached hydrogen (secondary N) is 1. The molecule has 1 N–H and O–H groups in total. The zero-order chi connectivity index (χ0) is 28.8. The summed E-state index contributed by atoms with van der Waals surface area (Å²) in [6.45, 7) is 0.837. The van der Waals surface area contributed by atoms with Crippen LogP contribution in [0.1, 0.15) is 22.8 Å². The topological polar surface area (TPSA) is 85.7 Å². The number of hydrogen-bond acceptors (Lipinski definition) is 6. The molecule has 1 aromatic heterocycles. The van der Waals surface area contributed by atoms with Gasteiger partial charge in [0, 0.05) is 36.4 Å². The highest BCUT2D eigenvalue weighted by Gasteiger charge is 2.38. The Hall–Kier alpha value is -3.79. The highest BCUT2D eigenvalue weighted by molar-refractivity contribution is 8.00. The first-order valence-corrected chi connectivity index (χ1v) is 14.7. The zero-order valence-electron chi connectivity index (χ0n) is 22.9. The maximum atomic E-state index is 13.8. The van der Waals surface area contributed by atoms with E-state index in [9.17, 15) is 9.59 Å². The average Bonchev–Trinajstić information content (AvgIpc) is 3.33. The van der Waals surface area contributed by atoms with Crippen LogP contribution in [0.25, 0.3) is 16.9 Å². The van der Waals surface area contributed by atoms with E-state index in [-0.39, 0.29) is 29.4 Å². The molecule has 1 atom stereocenters. The molecule has 2 heterocycles. The van der Waals surface area contributed by atoms with E-state index in [0.29, 0.717) is 41.9 Å². The van der Waals surface area contributed by atoms with Gasteiger partial charge in [0.2, 0.25) is 11.8 Å². The SMILES string of the molecule is COCCCNC(=O)CN1C(=O)CS[C@H](c2ccccc2Cl)c2c(-c3ccccc3)nn(-c3ccc(OC)cc3)c21. The van der Waals surface area contributed by atoms with Crippen LogP contribution in [-0.2, 0) is 14.3 Å². The maximum Gasteiger partial charge on any atom is 0.240 e. The summed E-state index contributed by atoms with van der Waals surface area (Å²) < 4.78 is 12.2. The van der Waals surface area contributed by atoms with Crippen LogP contribution in [0.2, 0.25) is 5.02 Å². The number of ether oxygens (including phenoxy) is 2. The second-order valence-electron chi connectivity index (χ2n) is 9.45. The van der Waals surface area contributed by atoms with Crippen molar-refractivity contribution < 1.29 is 19.1 Å². The molecule has 0 fully saturated rings.